The number of allylic oxidation sites excluding steroid dienone is 3. The number of aliphatic hydroxyl groups is 1. The van der Waals surface area contributed by atoms with E-state index in [2.05, 4.69) is 0 Å². The molecule has 132 valence electrons. The molecule has 1 aliphatic heterocycles. The Balaban J connectivity index is 1.90. The van der Waals surface area contributed by atoms with Crippen molar-refractivity contribution in [1.29, 1.82) is 0 Å². The van der Waals surface area contributed by atoms with Gasteiger partial charge in [-0.1, -0.05) is 18.2 Å². The van der Waals surface area contributed by atoms with Crippen LogP contribution in [-0.2, 0) is 16.0 Å². The Morgan fingerprint density at radius 3 is 2.44 bits per heavy atom. The number of ketones is 2. The number of hydrogen-bond donors (Lipinski definition) is 1. The molecule has 0 amide bonds. The fourth-order valence-corrected chi connectivity index (χ4v) is 3.51. The molecule has 0 bridgehead atoms. The molecule has 0 fully saturated rings. The molecule has 1 aromatic carbocycles. The summed E-state index contributed by atoms with van der Waals surface area (Å²) >= 11 is 0. The lowest BCUT2D eigenvalue weighted by molar-refractivity contribution is -0.117. The van der Waals surface area contributed by atoms with Gasteiger partial charge in [0.1, 0.15) is 11.9 Å². The SMILES string of the molecule is CC1=C(CCC(C)(C)O)C(=O)C(C2Cc3ccccc3O2)=C(C)C1=O. The van der Waals surface area contributed by atoms with Crippen molar-refractivity contribution < 1.29 is 19.4 Å². The third kappa shape index (κ3) is 3.31. The zero-order chi connectivity index (χ0) is 18.4. The van der Waals surface area contributed by atoms with Crippen LogP contribution in [0.25, 0.3) is 0 Å². The first-order valence-electron chi connectivity index (χ1n) is 8.66. The van der Waals surface area contributed by atoms with Crippen molar-refractivity contribution in [2.45, 2.75) is 58.7 Å². The largest absolute Gasteiger partial charge is 0.485 e. The average molecular weight is 340 g/mol. The molecule has 1 unspecified atom stereocenters. The van der Waals surface area contributed by atoms with E-state index in [-0.39, 0.29) is 11.6 Å². The quantitative estimate of drug-likeness (QED) is 0.854. The van der Waals surface area contributed by atoms with Gasteiger partial charge in [0.25, 0.3) is 0 Å². The van der Waals surface area contributed by atoms with Gasteiger partial charge < -0.3 is 9.84 Å². The van der Waals surface area contributed by atoms with E-state index in [0.717, 1.165) is 11.3 Å². The average Bonchev–Trinajstić information content (AvgIpc) is 2.95. The van der Waals surface area contributed by atoms with Crippen molar-refractivity contribution in [3.8, 4) is 5.75 Å². The molecule has 4 heteroatoms. The Bertz CT molecular complexity index is 780. The molecule has 1 heterocycles. The molecule has 0 saturated heterocycles. The summed E-state index contributed by atoms with van der Waals surface area (Å²) in [5.74, 6) is 0.564. The molecule has 3 rings (SSSR count). The van der Waals surface area contributed by atoms with Crippen molar-refractivity contribution in [1.82, 2.24) is 0 Å². The lowest BCUT2D eigenvalue weighted by Crippen LogP contribution is -2.32. The molecule has 0 saturated carbocycles. The zero-order valence-electron chi connectivity index (χ0n) is 15.2. The summed E-state index contributed by atoms with van der Waals surface area (Å²) in [5.41, 5.74) is 2.12. The van der Waals surface area contributed by atoms with Crippen LogP contribution in [-0.4, -0.2) is 28.4 Å². The summed E-state index contributed by atoms with van der Waals surface area (Å²) in [4.78, 5) is 25.8. The minimum absolute atomic E-state index is 0.0973. The van der Waals surface area contributed by atoms with Gasteiger partial charge in [-0.3, -0.25) is 9.59 Å². The van der Waals surface area contributed by atoms with E-state index in [4.69, 9.17) is 4.74 Å². The Morgan fingerprint density at radius 2 is 1.80 bits per heavy atom. The Hall–Kier alpha value is -2.20. The molecule has 2 aliphatic rings. The van der Waals surface area contributed by atoms with Crippen LogP contribution in [0.5, 0.6) is 5.75 Å². The third-order valence-electron chi connectivity index (χ3n) is 5.01. The highest BCUT2D eigenvalue weighted by atomic mass is 16.5. The molecule has 1 N–H and O–H groups in total. The minimum Gasteiger partial charge on any atom is -0.485 e. The Labute approximate surface area is 148 Å². The summed E-state index contributed by atoms with van der Waals surface area (Å²) < 4.78 is 5.96. The first-order valence-corrected chi connectivity index (χ1v) is 8.66. The molecule has 0 radical (unpaired) electrons. The number of benzene rings is 1. The van der Waals surface area contributed by atoms with Crippen molar-refractivity contribution in [2.24, 2.45) is 0 Å². The van der Waals surface area contributed by atoms with E-state index in [1.807, 2.05) is 24.3 Å². The molecule has 1 atom stereocenters. The van der Waals surface area contributed by atoms with E-state index in [9.17, 15) is 14.7 Å². The normalized spacial score (nSPS) is 20.9. The molecule has 1 aliphatic carbocycles. The van der Waals surface area contributed by atoms with Crippen LogP contribution in [0, 0.1) is 0 Å². The van der Waals surface area contributed by atoms with E-state index in [1.54, 1.807) is 27.7 Å². The fraction of sp³-hybridized carbons (Fsp3) is 0.429. The van der Waals surface area contributed by atoms with Gasteiger partial charge in [0, 0.05) is 28.7 Å². The van der Waals surface area contributed by atoms with Crippen LogP contribution in [0.4, 0.5) is 0 Å². The number of fused-ring (bicyclic) bond motifs is 1. The van der Waals surface area contributed by atoms with Gasteiger partial charge >= 0.3 is 0 Å². The van der Waals surface area contributed by atoms with E-state index in [1.165, 1.54) is 0 Å². The zero-order valence-corrected chi connectivity index (χ0v) is 15.2. The second-order valence-corrected chi connectivity index (χ2v) is 7.53. The van der Waals surface area contributed by atoms with Gasteiger partial charge in [0.05, 0.1) is 5.60 Å². The highest BCUT2D eigenvalue weighted by Crippen LogP contribution is 2.37. The molecule has 0 spiro atoms. The number of rotatable bonds is 4. The van der Waals surface area contributed by atoms with Crippen LogP contribution in [0.3, 0.4) is 0 Å². The van der Waals surface area contributed by atoms with Crippen LogP contribution in [0.1, 0.15) is 46.1 Å². The first kappa shape index (κ1) is 17.6. The molecule has 4 nitrogen and oxygen atoms in total. The summed E-state index contributed by atoms with van der Waals surface area (Å²) in [6.07, 6.45) is 0.992. The first-order chi connectivity index (χ1) is 11.7. The summed E-state index contributed by atoms with van der Waals surface area (Å²) in [7, 11) is 0. The van der Waals surface area contributed by atoms with Gasteiger partial charge in [-0.2, -0.15) is 0 Å². The summed E-state index contributed by atoms with van der Waals surface area (Å²) in [6, 6.07) is 7.71. The highest BCUT2D eigenvalue weighted by molar-refractivity contribution is 6.25. The third-order valence-corrected chi connectivity index (χ3v) is 5.01. The van der Waals surface area contributed by atoms with Crippen LogP contribution in [0.2, 0.25) is 0 Å². The van der Waals surface area contributed by atoms with Crippen LogP contribution >= 0.6 is 0 Å². The number of Topliss-reactive ketones (excluding diaryl/α,β-unsaturated/α-hetero) is 2. The van der Waals surface area contributed by atoms with Gasteiger partial charge in [-0.25, -0.2) is 0 Å². The second-order valence-electron chi connectivity index (χ2n) is 7.53. The van der Waals surface area contributed by atoms with Crippen molar-refractivity contribution in [2.75, 3.05) is 0 Å². The molecule has 25 heavy (non-hydrogen) atoms. The van der Waals surface area contributed by atoms with Gasteiger partial charge in [-0.15, -0.1) is 0 Å². The van der Waals surface area contributed by atoms with E-state index >= 15 is 0 Å². The maximum Gasteiger partial charge on any atom is 0.189 e. The maximum absolute atomic E-state index is 13.1. The lowest BCUT2D eigenvalue weighted by atomic mass is 9.79. The van der Waals surface area contributed by atoms with Crippen molar-refractivity contribution in [3.05, 3.63) is 52.1 Å². The predicted octanol–water partition coefficient (Wildman–Crippen LogP) is 3.33. The molecule has 1 aromatic rings. The smallest absolute Gasteiger partial charge is 0.189 e. The summed E-state index contributed by atoms with van der Waals surface area (Å²) in [6.45, 7) is 6.82. The number of ether oxygens (including phenoxy) is 1. The van der Waals surface area contributed by atoms with E-state index < -0.39 is 11.7 Å². The van der Waals surface area contributed by atoms with Crippen molar-refractivity contribution >= 4 is 11.6 Å². The molecule has 0 aromatic heterocycles. The maximum atomic E-state index is 13.1. The highest BCUT2D eigenvalue weighted by Gasteiger charge is 2.38. The minimum atomic E-state index is -0.882. The topological polar surface area (TPSA) is 63.6 Å². The van der Waals surface area contributed by atoms with Gasteiger partial charge in [-0.05, 0) is 52.2 Å². The van der Waals surface area contributed by atoms with Crippen LogP contribution in [0.15, 0.2) is 46.6 Å². The number of para-hydroxylation sites is 1. The molecular formula is C21H24O4. The number of carbonyl (C=O) groups excluding carboxylic acids is 2. The lowest BCUT2D eigenvalue weighted by Gasteiger charge is -2.25. The summed E-state index contributed by atoms with van der Waals surface area (Å²) in [5, 5.41) is 9.98. The van der Waals surface area contributed by atoms with Crippen LogP contribution < -0.4 is 4.74 Å². The fourth-order valence-electron chi connectivity index (χ4n) is 3.51. The molecular weight excluding hydrogens is 316 g/mol. The van der Waals surface area contributed by atoms with Gasteiger partial charge in [0.15, 0.2) is 11.6 Å². The number of carbonyl (C=O) groups is 2. The second kappa shape index (κ2) is 6.26. The van der Waals surface area contributed by atoms with Gasteiger partial charge in [0.2, 0.25) is 0 Å². The predicted molar refractivity (Wildman–Crippen MR) is 95.5 cm³/mol. The van der Waals surface area contributed by atoms with Crippen molar-refractivity contribution in [3.63, 3.8) is 0 Å². The standard InChI is InChI=1S/C21H24O4/c1-12-15(9-10-21(3,4)24)20(23)18(13(2)19(12)22)17-11-14-7-5-6-8-16(14)25-17/h5-8,17,24H,9-11H2,1-4H3. The Kier molecular flexibility index (Phi) is 4.41. The van der Waals surface area contributed by atoms with E-state index in [0.29, 0.717) is 41.6 Å². The monoisotopic (exact) mass is 340 g/mol. The number of hydrogen-bond acceptors (Lipinski definition) is 4. The Morgan fingerprint density at radius 1 is 1.12 bits per heavy atom.